The van der Waals surface area contributed by atoms with Crippen molar-refractivity contribution in [2.24, 2.45) is 0 Å². The summed E-state index contributed by atoms with van der Waals surface area (Å²) < 4.78 is 12.4. The quantitative estimate of drug-likeness (QED) is 0.607. The van der Waals surface area contributed by atoms with Crippen molar-refractivity contribution in [2.75, 3.05) is 14.2 Å². The lowest BCUT2D eigenvalue weighted by Crippen LogP contribution is -2.33. The summed E-state index contributed by atoms with van der Waals surface area (Å²) in [6.45, 7) is 3.98. The third-order valence-corrected chi connectivity index (χ3v) is 4.90. The van der Waals surface area contributed by atoms with Crippen molar-refractivity contribution >= 4 is 17.5 Å². The van der Waals surface area contributed by atoms with Gasteiger partial charge in [-0.1, -0.05) is 24.6 Å². The molecule has 0 aliphatic heterocycles. The average Bonchev–Trinajstić information content (AvgIpc) is 3.18. The van der Waals surface area contributed by atoms with E-state index in [0.717, 1.165) is 12.0 Å². The first kappa shape index (κ1) is 20.7. The molecule has 0 bridgehead atoms. The van der Waals surface area contributed by atoms with Gasteiger partial charge in [0.2, 0.25) is 0 Å². The maximum absolute atomic E-state index is 12.9. The molecule has 3 aromatic rings. The van der Waals surface area contributed by atoms with Gasteiger partial charge in [-0.05, 0) is 49.7 Å². The van der Waals surface area contributed by atoms with Gasteiger partial charge in [0.15, 0.2) is 0 Å². The Kier molecular flexibility index (Phi) is 6.44. The standard InChI is InChI=1S/C22H24ClN3O3/c1-5-14(2)24-22(27)20-13-19(18-10-9-17(28-3)12-21(18)29-4)25-26(20)16-8-6-7-15(23)11-16/h6-14H,5H2,1-4H3,(H,24,27)/t14-/m1/s1. The van der Waals surface area contributed by atoms with E-state index in [0.29, 0.717) is 33.6 Å². The van der Waals surface area contributed by atoms with Gasteiger partial charge in [0.05, 0.1) is 25.6 Å². The van der Waals surface area contributed by atoms with Crippen LogP contribution in [-0.4, -0.2) is 35.9 Å². The van der Waals surface area contributed by atoms with E-state index >= 15 is 0 Å². The SMILES string of the molecule is CC[C@@H](C)NC(=O)c1cc(-c2ccc(OC)cc2OC)nn1-c1cccc(Cl)c1. The molecule has 0 fully saturated rings. The molecule has 1 amide bonds. The van der Waals surface area contributed by atoms with Crippen LogP contribution in [0.3, 0.4) is 0 Å². The molecule has 1 heterocycles. The van der Waals surface area contributed by atoms with Crippen molar-refractivity contribution in [3.63, 3.8) is 0 Å². The molecule has 1 atom stereocenters. The van der Waals surface area contributed by atoms with Gasteiger partial charge in [-0.3, -0.25) is 4.79 Å². The first-order chi connectivity index (χ1) is 14.0. The Hall–Kier alpha value is -2.99. The molecule has 3 rings (SSSR count). The molecule has 0 aliphatic carbocycles. The number of halogens is 1. The van der Waals surface area contributed by atoms with Crippen LogP contribution < -0.4 is 14.8 Å². The van der Waals surface area contributed by atoms with E-state index in [1.165, 1.54) is 0 Å². The van der Waals surface area contributed by atoms with E-state index in [9.17, 15) is 4.79 Å². The largest absolute Gasteiger partial charge is 0.497 e. The molecule has 6 nitrogen and oxygen atoms in total. The Labute approximate surface area is 175 Å². The summed E-state index contributed by atoms with van der Waals surface area (Å²) in [4.78, 5) is 12.9. The summed E-state index contributed by atoms with van der Waals surface area (Å²) in [5.41, 5.74) is 2.48. The first-order valence-electron chi connectivity index (χ1n) is 9.36. The summed E-state index contributed by atoms with van der Waals surface area (Å²) in [5.74, 6) is 1.08. The smallest absolute Gasteiger partial charge is 0.270 e. The minimum Gasteiger partial charge on any atom is -0.497 e. The maximum atomic E-state index is 12.9. The second kappa shape index (κ2) is 9.01. The normalized spacial score (nSPS) is 11.8. The van der Waals surface area contributed by atoms with Crippen LogP contribution in [0, 0.1) is 0 Å². The van der Waals surface area contributed by atoms with Crippen molar-refractivity contribution in [1.82, 2.24) is 15.1 Å². The maximum Gasteiger partial charge on any atom is 0.270 e. The number of nitrogens with one attached hydrogen (secondary N) is 1. The Morgan fingerprint density at radius 2 is 1.97 bits per heavy atom. The molecular formula is C22H24ClN3O3. The summed E-state index contributed by atoms with van der Waals surface area (Å²) in [7, 11) is 3.18. The van der Waals surface area contributed by atoms with Crippen molar-refractivity contribution in [2.45, 2.75) is 26.3 Å². The number of aromatic nitrogens is 2. The number of benzene rings is 2. The Morgan fingerprint density at radius 1 is 1.17 bits per heavy atom. The lowest BCUT2D eigenvalue weighted by Gasteiger charge is -2.12. The fourth-order valence-electron chi connectivity index (χ4n) is 2.89. The molecule has 7 heteroatoms. The molecule has 0 spiro atoms. The summed E-state index contributed by atoms with van der Waals surface area (Å²) in [6.07, 6.45) is 0.830. The molecule has 1 aromatic heterocycles. The zero-order valence-electron chi connectivity index (χ0n) is 16.9. The van der Waals surface area contributed by atoms with E-state index < -0.39 is 0 Å². The van der Waals surface area contributed by atoms with Gasteiger partial charge in [-0.2, -0.15) is 5.10 Å². The van der Waals surface area contributed by atoms with Crippen LogP contribution >= 0.6 is 11.6 Å². The number of hydrogen-bond acceptors (Lipinski definition) is 4. The van der Waals surface area contributed by atoms with Crippen LogP contribution in [0.4, 0.5) is 0 Å². The Balaban J connectivity index is 2.13. The zero-order valence-corrected chi connectivity index (χ0v) is 17.7. The van der Waals surface area contributed by atoms with Crippen LogP contribution in [-0.2, 0) is 0 Å². The number of ether oxygens (including phenoxy) is 2. The number of carbonyl (C=O) groups excluding carboxylic acids is 1. The highest BCUT2D eigenvalue weighted by molar-refractivity contribution is 6.30. The third-order valence-electron chi connectivity index (χ3n) is 4.67. The predicted molar refractivity (Wildman–Crippen MR) is 114 cm³/mol. The highest BCUT2D eigenvalue weighted by Gasteiger charge is 2.20. The third kappa shape index (κ3) is 4.54. The number of nitrogens with zero attached hydrogens (tertiary/aromatic N) is 2. The van der Waals surface area contributed by atoms with Gasteiger partial charge in [-0.25, -0.2) is 4.68 Å². The minimum absolute atomic E-state index is 0.0455. The molecule has 0 saturated carbocycles. The van der Waals surface area contributed by atoms with E-state index in [1.54, 1.807) is 43.2 Å². The molecule has 29 heavy (non-hydrogen) atoms. The van der Waals surface area contributed by atoms with Gasteiger partial charge in [0.1, 0.15) is 17.2 Å². The number of methoxy groups -OCH3 is 2. The van der Waals surface area contributed by atoms with Crippen molar-refractivity contribution < 1.29 is 14.3 Å². The lowest BCUT2D eigenvalue weighted by atomic mass is 10.1. The van der Waals surface area contributed by atoms with E-state index in [-0.39, 0.29) is 11.9 Å². The summed E-state index contributed by atoms with van der Waals surface area (Å²) in [6, 6.07) is 14.5. The monoisotopic (exact) mass is 413 g/mol. The molecule has 152 valence electrons. The Morgan fingerprint density at radius 3 is 2.62 bits per heavy atom. The average molecular weight is 414 g/mol. The highest BCUT2D eigenvalue weighted by Crippen LogP contribution is 2.33. The van der Waals surface area contributed by atoms with Gasteiger partial charge in [0.25, 0.3) is 5.91 Å². The molecule has 0 radical (unpaired) electrons. The fourth-order valence-corrected chi connectivity index (χ4v) is 3.07. The number of amides is 1. The Bertz CT molecular complexity index is 1020. The molecule has 1 N–H and O–H groups in total. The second-order valence-corrected chi connectivity index (χ2v) is 7.09. The predicted octanol–water partition coefficient (Wildman–Crippen LogP) is 4.74. The fraction of sp³-hybridized carbons (Fsp3) is 0.273. The second-order valence-electron chi connectivity index (χ2n) is 6.66. The van der Waals surface area contributed by atoms with Gasteiger partial charge in [-0.15, -0.1) is 0 Å². The topological polar surface area (TPSA) is 65.4 Å². The minimum atomic E-state index is -0.203. The highest BCUT2D eigenvalue weighted by atomic mass is 35.5. The lowest BCUT2D eigenvalue weighted by molar-refractivity contribution is 0.0931. The number of carbonyl (C=O) groups is 1. The van der Waals surface area contributed by atoms with Crippen molar-refractivity contribution in [3.8, 4) is 28.4 Å². The number of hydrogen-bond donors (Lipinski definition) is 1. The molecular weight excluding hydrogens is 390 g/mol. The summed E-state index contributed by atoms with van der Waals surface area (Å²) >= 11 is 6.16. The molecule has 2 aromatic carbocycles. The number of rotatable bonds is 7. The van der Waals surface area contributed by atoms with Crippen molar-refractivity contribution in [3.05, 3.63) is 59.2 Å². The molecule has 0 unspecified atom stereocenters. The van der Waals surface area contributed by atoms with E-state index in [4.69, 9.17) is 21.1 Å². The van der Waals surface area contributed by atoms with Gasteiger partial charge in [0, 0.05) is 22.7 Å². The van der Waals surface area contributed by atoms with Gasteiger partial charge >= 0.3 is 0 Å². The first-order valence-corrected chi connectivity index (χ1v) is 9.73. The van der Waals surface area contributed by atoms with Crippen LogP contribution in [0.15, 0.2) is 48.5 Å². The summed E-state index contributed by atoms with van der Waals surface area (Å²) in [5, 5.41) is 8.25. The van der Waals surface area contributed by atoms with Crippen LogP contribution in [0.5, 0.6) is 11.5 Å². The van der Waals surface area contributed by atoms with E-state index in [1.807, 2.05) is 38.1 Å². The molecule has 0 aliphatic rings. The van der Waals surface area contributed by atoms with Crippen LogP contribution in [0.2, 0.25) is 5.02 Å². The van der Waals surface area contributed by atoms with E-state index in [2.05, 4.69) is 10.4 Å². The molecule has 0 saturated heterocycles. The zero-order chi connectivity index (χ0) is 21.0. The van der Waals surface area contributed by atoms with Gasteiger partial charge < -0.3 is 14.8 Å². The van der Waals surface area contributed by atoms with Crippen LogP contribution in [0.25, 0.3) is 16.9 Å². The van der Waals surface area contributed by atoms with Crippen molar-refractivity contribution in [1.29, 1.82) is 0 Å². The van der Waals surface area contributed by atoms with Crippen LogP contribution in [0.1, 0.15) is 30.8 Å².